The highest BCUT2D eigenvalue weighted by atomic mass is 16.2. The lowest BCUT2D eigenvalue weighted by atomic mass is 9.85. The van der Waals surface area contributed by atoms with Gasteiger partial charge in [0.2, 0.25) is 5.91 Å². The summed E-state index contributed by atoms with van der Waals surface area (Å²) in [5, 5.41) is 1.30. The second kappa shape index (κ2) is 5.29. The lowest BCUT2D eigenvalue weighted by molar-refractivity contribution is -0.132. The van der Waals surface area contributed by atoms with Crippen LogP contribution in [0.25, 0.3) is 10.9 Å². The fraction of sp³-hybridized carbons (Fsp3) is 0.438. The van der Waals surface area contributed by atoms with E-state index in [1.807, 2.05) is 11.0 Å². The molecule has 2 aromatic rings. The van der Waals surface area contributed by atoms with Crippen molar-refractivity contribution in [2.75, 3.05) is 13.1 Å². The molecule has 1 aromatic heterocycles. The number of amides is 1. The topological polar surface area (TPSA) is 62.1 Å². The molecule has 1 amide bonds. The molecule has 1 saturated heterocycles. The van der Waals surface area contributed by atoms with Crippen molar-refractivity contribution < 1.29 is 4.79 Å². The maximum Gasteiger partial charge on any atom is 0.219 e. The van der Waals surface area contributed by atoms with Crippen molar-refractivity contribution in [2.24, 2.45) is 5.73 Å². The molecule has 1 fully saturated rings. The summed E-state index contributed by atoms with van der Waals surface area (Å²) in [5.74, 6) is 0.619. The first kappa shape index (κ1) is 13.2. The van der Waals surface area contributed by atoms with E-state index in [2.05, 4.69) is 29.4 Å². The van der Waals surface area contributed by atoms with Gasteiger partial charge >= 0.3 is 0 Å². The molecule has 0 saturated carbocycles. The molecule has 3 rings (SSSR count). The summed E-state index contributed by atoms with van der Waals surface area (Å²) in [5.41, 5.74) is 8.40. The molecule has 106 valence electrons. The van der Waals surface area contributed by atoms with Crippen LogP contribution in [0.1, 0.15) is 31.2 Å². The summed E-state index contributed by atoms with van der Waals surface area (Å²) in [6.07, 6.45) is 4.09. The zero-order chi connectivity index (χ0) is 14.1. The quantitative estimate of drug-likeness (QED) is 0.879. The van der Waals surface area contributed by atoms with Gasteiger partial charge in [-0.1, -0.05) is 18.2 Å². The van der Waals surface area contributed by atoms with Crippen LogP contribution in [0, 0.1) is 0 Å². The molecule has 0 radical (unpaired) electrons. The van der Waals surface area contributed by atoms with E-state index >= 15 is 0 Å². The number of para-hydroxylation sites is 1. The first-order valence-electron chi connectivity index (χ1n) is 7.24. The second-order valence-electron chi connectivity index (χ2n) is 5.61. The summed E-state index contributed by atoms with van der Waals surface area (Å²) < 4.78 is 0. The van der Waals surface area contributed by atoms with E-state index in [4.69, 9.17) is 5.73 Å². The fourth-order valence-corrected chi connectivity index (χ4v) is 3.40. The smallest absolute Gasteiger partial charge is 0.219 e. The Morgan fingerprint density at radius 2 is 2.25 bits per heavy atom. The number of carbonyl (C=O) groups excluding carboxylic acids is 1. The van der Waals surface area contributed by atoms with Crippen molar-refractivity contribution >= 4 is 16.8 Å². The molecule has 4 heteroatoms. The molecular weight excluding hydrogens is 250 g/mol. The number of nitrogens with two attached hydrogens (primary N) is 1. The van der Waals surface area contributed by atoms with Crippen LogP contribution in [-0.4, -0.2) is 34.9 Å². The highest BCUT2D eigenvalue weighted by molar-refractivity contribution is 5.83. The van der Waals surface area contributed by atoms with Crippen LogP contribution in [0.2, 0.25) is 0 Å². The number of benzene rings is 1. The van der Waals surface area contributed by atoms with E-state index in [9.17, 15) is 4.79 Å². The average molecular weight is 271 g/mol. The molecule has 4 nitrogen and oxygen atoms in total. The first-order valence-corrected chi connectivity index (χ1v) is 7.24. The van der Waals surface area contributed by atoms with Gasteiger partial charge in [0.05, 0.1) is 0 Å². The van der Waals surface area contributed by atoms with Gasteiger partial charge in [0.15, 0.2) is 0 Å². The van der Waals surface area contributed by atoms with Crippen LogP contribution in [0.4, 0.5) is 0 Å². The SMILES string of the molecule is CC(=O)N1CCC(c2c[nH]c3ccccc23)CC1CN. The van der Waals surface area contributed by atoms with Crippen LogP contribution in [0.3, 0.4) is 0 Å². The van der Waals surface area contributed by atoms with Gasteiger partial charge in [0.25, 0.3) is 0 Å². The van der Waals surface area contributed by atoms with E-state index in [-0.39, 0.29) is 11.9 Å². The molecule has 1 aromatic carbocycles. The summed E-state index contributed by atoms with van der Waals surface area (Å²) in [6, 6.07) is 8.55. The maximum absolute atomic E-state index is 11.6. The Balaban J connectivity index is 1.87. The van der Waals surface area contributed by atoms with Gasteiger partial charge < -0.3 is 15.6 Å². The Bertz CT molecular complexity index is 619. The summed E-state index contributed by atoms with van der Waals surface area (Å²) in [4.78, 5) is 16.9. The number of likely N-dealkylation sites (tertiary alicyclic amines) is 1. The molecule has 3 N–H and O–H groups in total. The minimum atomic E-state index is 0.137. The van der Waals surface area contributed by atoms with Crippen LogP contribution < -0.4 is 5.73 Å². The maximum atomic E-state index is 11.6. The first-order chi connectivity index (χ1) is 9.70. The Hall–Kier alpha value is -1.81. The van der Waals surface area contributed by atoms with Crippen LogP contribution in [0.5, 0.6) is 0 Å². The van der Waals surface area contributed by atoms with E-state index in [1.165, 1.54) is 16.5 Å². The molecule has 2 unspecified atom stereocenters. The minimum Gasteiger partial charge on any atom is -0.361 e. The third-order valence-corrected chi connectivity index (χ3v) is 4.45. The van der Waals surface area contributed by atoms with E-state index in [0.717, 1.165) is 19.4 Å². The van der Waals surface area contributed by atoms with Crippen molar-refractivity contribution in [1.29, 1.82) is 0 Å². The normalized spacial score (nSPS) is 23.2. The number of nitrogens with one attached hydrogen (secondary N) is 1. The number of hydrogen-bond donors (Lipinski definition) is 2. The predicted molar refractivity (Wildman–Crippen MR) is 80.5 cm³/mol. The molecule has 2 heterocycles. The number of hydrogen-bond acceptors (Lipinski definition) is 2. The van der Waals surface area contributed by atoms with Gasteiger partial charge in [0.1, 0.15) is 0 Å². The molecule has 2 atom stereocenters. The second-order valence-corrected chi connectivity index (χ2v) is 5.61. The number of piperidine rings is 1. The monoisotopic (exact) mass is 271 g/mol. The lowest BCUT2D eigenvalue weighted by Gasteiger charge is -2.38. The largest absolute Gasteiger partial charge is 0.361 e. The van der Waals surface area contributed by atoms with Crippen LogP contribution in [0.15, 0.2) is 30.5 Å². The van der Waals surface area contributed by atoms with Crippen molar-refractivity contribution in [1.82, 2.24) is 9.88 Å². The van der Waals surface area contributed by atoms with Gasteiger partial charge in [-0.25, -0.2) is 0 Å². The van der Waals surface area contributed by atoms with Crippen molar-refractivity contribution in [2.45, 2.75) is 31.7 Å². The number of aromatic amines is 1. The number of H-pyrrole nitrogens is 1. The van der Waals surface area contributed by atoms with Crippen molar-refractivity contribution in [3.05, 3.63) is 36.0 Å². The van der Waals surface area contributed by atoms with Crippen molar-refractivity contribution in [3.63, 3.8) is 0 Å². The molecule has 20 heavy (non-hydrogen) atoms. The number of aromatic nitrogens is 1. The molecular formula is C16H21N3O. The molecule has 0 spiro atoms. The number of rotatable bonds is 2. The Morgan fingerprint density at radius 3 is 3.00 bits per heavy atom. The summed E-state index contributed by atoms with van der Waals surface area (Å²) in [7, 11) is 0. The zero-order valence-electron chi connectivity index (χ0n) is 11.8. The minimum absolute atomic E-state index is 0.137. The number of fused-ring (bicyclic) bond motifs is 1. The number of nitrogens with zero attached hydrogens (tertiary/aromatic N) is 1. The molecule has 1 aliphatic heterocycles. The summed E-state index contributed by atoms with van der Waals surface area (Å²) in [6.45, 7) is 2.98. The Morgan fingerprint density at radius 1 is 1.45 bits per heavy atom. The molecule has 0 aliphatic carbocycles. The van der Waals surface area contributed by atoms with Crippen LogP contribution >= 0.6 is 0 Å². The average Bonchev–Trinajstić information content (AvgIpc) is 2.90. The van der Waals surface area contributed by atoms with Gasteiger partial charge in [0, 0.05) is 43.2 Å². The highest BCUT2D eigenvalue weighted by Crippen LogP contribution is 2.35. The van der Waals surface area contributed by atoms with Crippen molar-refractivity contribution in [3.8, 4) is 0 Å². The van der Waals surface area contributed by atoms with Gasteiger partial charge in [-0.15, -0.1) is 0 Å². The summed E-state index contributed by atoms with van der Waals surface area (Å²) >= 11 is 0. The third kappa shape index (κ3) is 2.20. The predicted octanol–water partition coefficient (Wildman–Crippen LogP) is 2.22. The molecule has 1 aliphatic rings. The molecule has 0 bridgehead atoms. The lowest BCUT2D eigenvalue weighted by Crippen LogP contribution is -2.48. The van der Waals surface area contributed by atoms with E-state index < -0.39 is 0 Å². The van der Waals surface area contributed by atoms with Gasteiger partial charge in [-0.2, -0.15) is 0 Å². The van der Waals surface area contributed by atoms with E-state index in [0.29, 0.717) is 12.5 Å². The van der Waals surface area contributed by atoms with Gasteiger partial charge in [-0.05, 0) is 30.4 Å². The Labute approximate surface area is 118 Å². The number of carbonyl (C=O) groups is 1. The Kier molecular flexibility index (Phi) is 3.49. The highest BCUT2D eigenvalue weighted by Gasteiger charge is 2.30. The van der Waals surface area contributed by atoms with Crippen LogP contribution in [-0.2, 0) is 4.79 Å². The zero-order valence-corrected chi connectivity index (χ0v) is 11.8. The fourth-order valence-electron chi connectivity index (χ4n) is 3.40. The third-order valence-electron chi connectivity index (χ3n) is 4.45. The standard InChI is InChI=1S/C16H21N3O/c1-11(20)19-7-6-12(8-13(19)9-17)15-10-18-16-5-3-2-4-14(15)16/h2-5,10,12-13,18H,6-9,17H2,1H3. The van der Waals surface area contributed by atoms with Gasteiger partial charge in [-0.3, -0.25) is 4.79 Å². The van der Waals surface area contributed by atoms with E-state index in [1.54, 1.807) is 6.92 Å².